The summed E-state index contributed by atoms with van der Waals surface area (Å²) in [5, 5.41) is 1.22. The number of fused-ring (bicyclic) bond motifs is 3. The fourth-order valence-corrected chi connectivity index (χ4v) is 4.38. The molecule has 0 spiro atoms. The summed E-state index contributed by atoms with van der Waals surface area (Å²) in [6.07, 6.45) is 9.59. The number of halogens is 1. The van der Waals surface area contributed by atoms with Gasteiger partial charge in [0.2, 0.25) is 0 Å². The van der Waals surface area contributed by atoms with Crippen molar-refractivity contribution in [2.75, 3.05) is 0 Å². The van der Waals surface area contributed by atoms with Gasteiger partial charge in [-0.1, -0.05) is 12.5 Å². The summed E-state index contributed by atoms with van der Waals surface area (Å²) in [7, 11) is 2.10. The molecule has 6 heteroatoms. The van der Waals surface area contributed by atoms with Crippen LogP contribution in [-0.2, 0) is 19.9 Å². The summed E-state index contributed by atoms with van der Waals surface area (Å²) in [5.41, 5.74) is 6.41. The van der Waals surface area contributed by atoms with E-state index in [1.54, 1.807) is 16.8 Å². The molecule has 0 aromatic carbocycles. The zero-order chi connectivity index (χ0) is 20.0. The van der Waals surface area contributed by atoms with Gasteiger partial charge in [-0.3, -0.25) is 14.3 Å². The highest BCUT2D eigenvalue weighted by Gasteiger charge is 2.18. The van der Waals surface area contributed by atoms with Gasteiger partial charge in [0, 0.05) is 42.2 Å². The van der Waals surface area contributed by atoms with Crippen LogP contribution in [0.2, 0.25) is 0 Å². The maximum absolute atomic E-state index is 12.8. The third kappa shape index (κ3) is 3.43. The van der Waals surface area contributed by atoms with Crippen molar-refractivity contribution >= 4 is 23.4 Å². The Morgan fingerprint density at radius 2 is 1.83 bits per heavy atom. The van der Waals surface area contributed by atoms with E-state index in [1.165, 1.54) is 35.9 Å². The first-order valence-corrected chi connectivity index (χ1v) is 10.2. The highest BCUT2D eigenvalue weighted by Crippen LogP contribution is 2.30. The Hall–Kier alpha value is -2.92. The largest absolute Gasteiger partial charge is 0.332 e. The Kier molecular flexibility index (Phi) is 5.48. The number of hydrogen-bond acceptors (Lipinski definition) is 3. The lowest BCUT2D eigenvalue weighted by Gasteiger charge is -2.08. The molecule has 0 atom stereocenters. The first-order valence-electron chi connectivity index (χ1n) is 10.2. The molecule has 5 rings (SSSR count). The second kappa shape index (κ2) is 8.07. The fourth-order valence-electron chi connectivity index (χ4n) is 4.38. The van der Waals surface area contributed by atoms with Crippen molar-refractivity contribution in [3.05, 3.63) is 76.0 Å². The molecule has 1 aliphatic rings. The Balaban J connectivity index is 0.00000218. The Bertz CT molecular complexity index is 1270. The van der Waals surface area contributed by atoms with Gasteiger partial charge in [0.1, 0.15) is 11.5 Å². The van der Waals surface area contributed by atoms with Gasteiger partial charge in [0.15, 0.2) is 0 Å². The quantitative estimate of drug-likeness (QED) is 0.438. The van der Waals surface area contributed by atoms with Crippen molar-refractivity contribution in [2.45, 2.75) is 39.0 Å². The molecule has 0 saturated heterocycles. The normalized spacial score (nSPS) is 13.5. The van der Waals surface area contributed by atoms with Crippen molar-refractivity contribution in [3.63, 3.8) is 0 Å². The lowest BCUT2D eigenvalue weighted by Crippen LogP contribution is -2.18. The molecule has 4 aromatic heterocycles. The van der Waals surface area contributed by atoms with Crippen LogP contribution in [-0.4, -0.2) is 19.1 Å². The molecule has 154 valence electrons. The van der Waals surface area contributed by atoms with Crippen molar-refractivity contribution in [1.29, 1.82) is 0 Å². The Morgan fingerprint density at radius 1 is 1.00 bits per heavy atom. The molecule has 5 nitrogen and oxygen atoms in total. The van der Waals surface area contributed by atoms with Crippen molar-refractivity contribution in [2.24, 2.45) is 7.05 Å². The molecule has 0 N–H and O–H groups in total. The Labute approximate surface area is 181 Å². The maximum Gasteiger partial charge on any atom is 0.256 e. The van der Waals surface area contributed by atoms with Crippen LogP contribution in [0.3, 0.4) is 0 Å². The predicted octanol–water partition coefficient (Wildman–Crippen LogP) is 4.79. The highest BCUT2D eigenvalue weighted by atomic mass is 35.5. The predicted molar refractivity (Wildman–Crippen MR) is 123 cm³/mol. The third-order valence-corrected chi connectivity index (χ3v) is 5.97. The molecule has 30 heavy (non-hydrogen) atoms. The number of aromatic nitrogens is 4. The van der Waals surface area contributed by atoms with Gasteiger partial charge in [-0.25, -0.2) is 4.98 Å². The highest BCUT2D eigenvalue weighted by molar-refractivity contribution is 5.85. The van der Waals surface area contributed by atoms with E-state index in [0.717, 1.165) is 35.3 Å². The fraction of sp³-hybridized carbons (Fsp3) is 0.292. The van der Waals surface area contributed by atoms with Crippen molar-refractivity contribution < 1.29 is 0 Å². The van der Waals surface area contributed by atoms with Gasteiger partial charge >= 0.3 is 0 Å². The summed E-state index contributed by atoms with van der Waals surface area (Å²) in [6, 6.07) is 11.6. The van der Waals surface area contributed by atoms with Gasteiger partial charge in [0.25, 0.3) is 5.56 Å². The molecule has 4 heterocycles. The van der Waals surface area contributed by atoms with E-state index in [4.69, 9.17) is 4.98 Å². The van der Waals surface area contributed by atoms with E-state index in [2.05, 4.69) is 22.7 Å². The molecule has 0 radical (unpaired) electrons. The number of rotatable bonds is 2. The topological polar surface area (TPSA) is 52.7 Å². The first kappa shape index (κ1) is 20.4. The zero-order valence-electron chi connectivity index (χ0n) is 17.3. The van der Waals surface area contributed by atoms with Crippen LogP contribution < -0.4 is 5.56 Å². The third-order valence-electron chi connectivity index (χ3n) is 5.97. The second-order valence-corrected chi connectivity index (χ2v) is 7.93. The lowest BCUT2D eigenvalue weighted by atomic mass is 10.1. The van der Waals surface area contributed by atoms with E-state index in [9.17, 15) is 4.79 Å². The molecule has 0 unspecified atom stereocenters. The SMILES string of the molecule is Cc1ccc(-c2ccn(-c3ccc4c5c(n(C)c4n3)CCCCC5)c(=O)c2)nc1.Cl. The van der Waals surface area contributed by atoms with Gasteiger partial charge in [0.05, 0.1) is 5.69 Å². The molecule has 0 bridgehead atoms. The molecular weight excluding hydrogens is 396 g/mol. The van der Waals surface area contributed by atoms with E-state index < -0.39 is 0 Å². The van der Waals surface area contributed by atoms with Crippen LogP contribution in [0.25, 0.3) is 28.1 Å². The van der Waals surface area contributed by atoms with Crippen LogP contribution in [0.4, 0.5) is 0 Å². The summed E-state index contributed by atoms with van der Waals surface area (Å²) >= 11 is 0. The number of aryl methyl sites for hydroxylation is 3. The smallest absolute Gasteiger partial charge is 0.256 e. The number of hydrogen-bond donors (Lipinski definition) is 0. The summed E-state index contributed by atoms with van der Waals surface area (Å²) in [5.74, 6) is 0.654. The summed E-state index contributed by atoms with van der Waals surface area (Å²) in [6.45, 7) is 2.00. The lowest BCUT2D eigenvalue weighted by molar-refractivity contribution is 0.697. The van der Waals surface area contributed by atoms with Crippen molar-refractivity contribution in [1.82, 2.24) is 19.1 Å². The van der Waals surface area contributed by atoms with Crippen LogP contribution >= 0.6 is 12.4 Å². The van der Waals surface area contributed by atoms with Crippen molar-refractivity contribution in [3.8, 4) is 17.1 Å². The number of nitrogens with zero attached hydrogens (tertiary/aromatic N) is 4. The molecule has 0 amide bonds. The monoisotopic (exact) mass is 420 g/mol. The average molecular weight is 421 g/mol. The van der Waals surface area contributed by atoms with Gasteiger partial charge in [-0.2, -0.15) is 0 Å². The van der Waals surface area contributed by atoms with Gasteiger partial charge in [-0.05, 0) is 68.0 Å². The summed E-state index contributed by atoms with van der Waals surface area (Å²) in [4.78, 5) is 22.1. The van der Waals surface area contributed by atoms with Gasteiger partial charge in [-0.15, -0.1) is 12.4 Å². The number of pyridine rings is 3. The van der Waals surface area contributed by atoms with Crippen LogP contribution in [0, 0.1) is 6.92 Å². The molecule has 4 aromatic rings. The molecule has 0 saturated carbocycles. The van der Waals surface area contributed by atoms with E-state index >= 15 is 0 Å². The minimum atomic E-state index is -0.104. The van der Waals surface area contributed by atoms with Gasteiger partial charge < -0.3 is 4.57 Å². The second-order valence-electron chi connectivity index (χ2n) is 7.93. The van der Waals surface area contributed by atoms with Crippen LogP contribution in [0.5, 0.6) is 0 Å². The minimum Gasteiger partial charge on any atom is -0.332 e. The molecule has 1 aliphatic carbocycles. The zero-order valence-corrected chi connectivity index (χ0v) is 18.1. The van der Waals surface area contributed by atoms with E-state index in [0.29, 0.717) is 5.82 Å². The molecule has 0 fully saturated rings. The van der Waals surface area contributed by atoms with Crippen LogP contribution in [0.1, 0.15) is 36.1 Å². The maximum atomic E-state index is 12.8. The van der Waals surface area contributed by atoms with Crippen LogP contribution in [0.15, 0.2) is 53.6 Å². The van der Waals surface area contributed by atoms with E-state index in [1.807, 2.05) is 37.4 Å². The first-order chi connectivity index (χ1) is 14.1. The summed E-state index contributed by atoms with van der Waals surface area (Å²) < 4.78 is 3.82. The molecule has 0 aliphatic heterocycles. The molecular formula is C24H25ClN4O. The van der Waals surface area contributed by atoms with E-state index in [-0.39, 0.29) is 18.0 Å². The minimum absolute atomic E-state index is 0. The average Bonchev–Trinajstić information content (AvgIpc) is 2.89. The Morgan fingerprint density at radius 3 is 2.60 bits per heavy atom. The standard InChI is InChI=1S/C24H24N4O.ClH/c1-16-8-10-20(25-15-16)17-12-13-28(23(29)14-17)22-11-9-19-18-6-4-3-5-7-21(18)27(2)24(19)26-22;/h8-15H,3-7H2,1-2H3;1H.